The van der Waals surface area contributed by atoms with Gasteiger partial charge in [0, 0.05) is 13.1 Å². The molecule has 0 spiro atoms. The van der Waals surface area contributed by atoms with Gasteiger partial charge in [0.2, 0.25) is 0 Å². The minimum atomic E-state index is -0.466. The lowest BCUT2D eigenvalue weighted by atomic mass is 10.3. The number of nitrogens with zero attached hydrogens (tertiary/aromatic N) is 2. The van der Waals surface area contributed by atoms with E-state index in [0.717, 1.165) is 0 Å². The van der Waals surface area contributed by atoms with E-state index >= 15 is 0 Å². The summed E-state index contributed by atoms with van der Waals surface area (Å²) in [5.74, 6) is -0.932. The maximum Gasteiger partial charge on any atom is 0.268 e. The summed E-state index contributed by atoms with van der Waals surface area (Å²) >= 11 is 0. The van der Waals surface area contributed by atoms with Gasteiger partial charge in [-0.25, -0.2) is 0 Å². The van der Waals surface area contributed by atoms with Crippen LogP contribution in [0.25, 0.3) is 0 Å². The fourth-order valence-electron chi connectivity index (χ4n) is 0.839. The number of hydrogen-bond donors (Lipinski definition) is 4. The van der Waals surface area contributed by atoms with Gasteiger partial charge in [0.1, 0.15) is 11.4 Å². The van der Waals surface area contributed by atoms with Gasteiger partial charge in [-0.3, -0.25) is 9.59 Å². The minimum absolute atomic E-state index is 0.0303. The van der Waals surface area contributed by atoms with Crippen LogP contribution in [-0.4, -0.2) is 46.7 Å². The Morgan fingerprint density at radius 2 is 1.29 bits per heavy atom. The first-order valence-electron chi connectivity index (χ1n) is 4.96. The van der Waals surface area contributed by atoms with Crippen LogP contribution in [0.1, 0.15) is 20.3 Å². The number of carbonyl (C=O) groups excluding carboxylic acids is 2. The van der Waals surface area contributed by atoms with E-state index in [0.29, 0.717) is 19.5 Å². The average molecular weight is 244 g/mol. The Morgan fingerprint density at radius 1 is 0.941 bits per heavy atom. The highest BCUT2D eigenvalue weighted by atomic mass is 16.4. The molecule has 0 aromatic rings. The molecule has 0 rings (SSSR count). The molecule has 0 saturated heterocycles. The first-order valence-corrected chi connectivity index (χ1v) is 4.96. The second kappa shape index (κ2) is 8.08. The lowest BCUT2D eigenvalue weighted by molar-refractivity contribution is -0.115. The number of nitrogens with one attached hydrogen (secondary N) is 2. The molecule has 0 saturated carbocycles. The molecule has 0 aliphatic carbocycles. The van der Waals surface area contributed by atoms with Crippen molar-refractivity contribution >= 4 is 23.2 Å². The molecule has 0 atom stereocenters. The van der Waals surface area contributed by atoms with Crippen molar-refractivity contribution in [2.24, 2.45) is 10.3 Å². The molecule has 0 bridgehead atoms. The maximum atomic E-state index is 11.1. The van der Waals surface area contributed by atoms with Gasteiger partial charge in [-0.1, -0.05) is 10.3 Å². The van der Waals surface area contributed by atoms with Crippen LogP contribution >= 0.6 is 0 Å². The van der Waals surface area contributed by atoms with Crippen LogP contribution in [0.4, 0.5) is 0 Å². The summed E-state index contributed by atoms with van der Waals surface area (Å²) in [5.41, 5.74) is -0.0606. The van der Waals surface area contributed by atoms with E-state index in [2.05, 4.69) is 20.9 Å². The Kier molecular flexibility index (Phi) is 7.07. The van der Waals surface area contributed by atoms with E-state index in [1.165, 1.54) is 13.8 Å². The van der Waals surface area contributed by atoms with Gasteiger partial charge in [-0.15, -0.1) is 0 Å². The van der Waals surface area contributed by atoms with E-state index in [1.807, 2.05) is 0 Å². The SMILES string of the molecule is CC(=NO)C(=O)NCCCNC(=O)C(C)=NO. The first kappa shape index (κ1) is 14.9. The molecule has 0 aromatic carbocycles. The summed E-state index contributed by atoms with van der Waals surface area (Å²) in [6.45, 7) is 3.42. The van der Waals surface area contributed by atoms with Crippen LogP contribution in [0.3, 0.4) is 0 Å². The predicted molar refractivity (Wildman–Crippen MR) is 60.4 cm³/mol. The molecular formula is C9H16N4O4. The van der Waals surface area contributed by atoms with Crippen LogP contribution in [0.5, 0.6) is 0 Å². The van der Waals surface area contributed by atoms with Crippen molar-refractivity contribution < 1.29 is 20.0 Å². The molecule has 0 radical (unpaired) electrons. The Balaban J connectivity index is 3.67. The number of rotatable bonds is 6. The third kappa shape index (κ3) is 6.13. The highest BCUT2D eigenvalue weighted by molar-refractivity contribution is 6.38. The molecular weight excluding hydrogens is 228 g/mol. The van der Waals surface area contributed by atoms with Crippen LogP contribution in [-0.2, 0) is 9.59 Å². The van der Waals surface area contributed by atoms with Crippen LogP contribution in [0.15, 0.2) is 10.3 Å². The minimum Gasteiger partial charge on any atom is -0.410 e. The van der Waals surface area contributed by atoms with Gasteiger partial charge < -0.3 is 21.0 Å². The molecule has 4 N–H and O–H groups in total. The molecule has 2 amide bonds. The number of oxime groups is 2. The average Bonchev–Trinajstić information content (AvgIpc) is 2.35. The zero-order chi connectivity index (χ0) is 13.3. The highest BCUT2D eigenvalue weighted by Crippen LogP contribution is 1.80. The van der Waals surface area contributed by atoms with Gasteiger partial charge in [0.15, 0.2) is 0 Å². The molecule has 8 nitrogen and oxygen atoms in total. The van der Waals surface area contributed by atoms with Crippen molar-refractivity contribution in [3.8, 4) is 0 Å². The summed E-state index contributed by atoms with van der Waals surface area (Å²) in [4.78, 5) is 22.2. The smallest absolute Gasteiger partial charge is 0.268 e. The Labute approximate surface area is 98.4 Å². The summed E-state index contributed by atoms with van der Waals surface area (Å²) in [5, 5.41) is 27.1. The van der Waals surface area contributed by atoms with Gasteiger partial charge in [0.05, 0.1) is 0 Å². The van der Waals surface area contributed by atoms with E-state index < -0.39 is 11.8 Å². The third-order valence-corrected chi connectivity index (χ3v) is 1.88. The largest absolute Gasteiger partial charge is 0.410 e. The number of carbonyl (C=O) groups is 2. The van der Waals surface area contributed by atoms with Gasteiger partial charge in [-0.2, -0.15) is 0 Å². The highest BCUT2D eigenvalue weighted by Gasteiger charge is 2.06. The normalized spacial score (nSPS) is 12.1. The maximum absolute atomic E-state index is 11.1. The molecule has 96 valence electrons. The second-order valence-corrected chi connectivity index (χ2v) is 3.24. The molecule has 0 heterocycles. The Bertz CT molecular complexity index is 306. The first-order chi connectivity index (χ1) is 8.02. The molecule has 0 aliphatic heterocycles. The quantitative estimate of drug-likeness (QED) is 0.214. The Hall–Kier alpha value is -2.12. The van der Waals surface area contributed by atoms with Gasteiger partial charge >= 0.3 is 0 Å². The van der Waals surface area contributed by atoms with Crippen molar-refractivity contribution in [1.29, 1.82) is 0 Å². The van der Waals surface area contributed by atoms with Crippen molar-refractivity contribution in [2.45, 2.75) is 20.3 Å². The van der Waals surface area contributed by atoms with Crippen molar-refractivity contribution in [2.75, 3.05) is 13.1 Å². The zero-order valence-corrected chi connectivity index (χ0v) is 9.73. The topological polar surface area (TPSA) is 123 Å². The van der Waals surface area contributed by atoms with Gasteiger partial charge in [0.25, 0.3) is 11.8 Å². The lowest BCUT2D eigenvalue weighted by Crippen LogP contribution is -2.34. The zero-order valence-electron chi connectivity index (χ0n) is 9.73. The molecule has 8 heteroatoms. The monoisotopic (exact) mass is 244 g/mol. The standard InChI is InChI=1S/C9H16N4O4/c1-6(12-16)8(14)10-4-3-5-11-9(15)7(2)13-17/h16-17H,3-5H2,1-2H3,(H,10,14)(H,11,15). The number of hydrogen-bond acceptors (Lipinski definition) is 6. The van der Waals surface area contributed by atoms with Gasteiger partial charge in [-0.05, 0) is 20.3 Å². The lowest BCUT2D eigenvalue weighted by Gasteiger charge is -2.05. The molecule has 17 heavy (non-hydrogen) atoms. The fourth-order valence-corrected chi connectivity index (χ4v) is 0.839. The van der Waals surface area contributed by atoms with Crippen molar-refractivity contribution in [3.05, 3.63) is 0 Å². The predicted octanol–water partition coefficient (Wildman–Crippen LogP) is -0.691. The second-order valence-electron chi connectivity index (χ2n) is 3.24. The van der Waals surface area contributed by atoms with E-state index in [-0.39, 0.29) is 11.4 Å². The summed E-state index contributed by atoms with van der Waals surface area (Å²) < 4.78 is 0. The van der Waals surface area contributed by atoms with Crippen LogP contribution in [0.2, 0.25) is 0 Å². The van der Waals surface area contributed by atoms with Crippen molar-refractivity contribution in [1.82, 2.24) is 10.6 Å². The third-order valence-electron chi connectivity index (χ3n) is 1.88. The van der Waals surface area contributed by atoms with E-state index in [9.17, 15) is 9.59 Å². The molecule has 0 aliphatic rings. The summed E-state index contributed by atoms with van der Waals surface area (Å²) in [6.07, 6.45) is 0.509. The molecule has 0 aromatic heterocycles. The van der Waals surface area contributed by atoms with Crippen molar-refractivity contribution in [3.63, 3.8) is 0 Å². The fraction of sp³-hybridized carbons (Fsp3) is 0.556. The summed E-state index contributed by atoms with van der Waals surface area (Å²) in [6, 6.07) is 0. The van der Waals surface area contributed by atoms with Crippen LogP contribution in [0, 0.1) is 0 Å². The molecule has 0 unspecified atom stereocenters. The summed E-state index contributed by atoms with van der Waals surface area (Å²) in [7, 11) is 0. The number of amides is 2. The van der Waals surface area contributed by atoms with Crippen LogP contribution < -0.4 is 10.6 Å². The van der Waals surface area contributed by atoms with E-state index in [1.54, 1.807) is 0 Å². The Morgan fingerprint density at radius 3 is 1.59 bits per heavy atom. The van der Waals surface area contributed by atoms with E-state index in [4.69, 9.17) is 10.4 Å². The molecule has 0 fully saturated rings.